The molecule has 0 aliphatic heterocycles. The van der Waals surface area contributed by atoms with Gasteiger partial charge in [0.15, 0.2) is 0 Å². The lowest BCUT2D eigenvalue weighted by atomic mass is 10.6. The van der Waals surface area contributed by atoms with Crippen LogP contribution in [0.4, 0.5) is 0 Å². The van der Waals surface area contributed by atoms with Crippen molar-refractivity contribution in [3.05, 3.63) is 27.5 Å². The van der Waals surface area contributed by atoms with Crippen LogP contribution in [0.25, 0.3) is 5.65 Å². The number of hydrogen-bond donors (Lipinski definition) is 1. The highest BCUT2D eigenvalue weighted by Crippen LogP contribution is 2.02. The minimum Gasteiger partial charge on any atom is -0.295 e. The summed E-state index contributed by atoms with van der Waals surface area (Å²) in [5.74, 6) is 0.757. The van der Waals surface area contributed by atoms with E-state index in [2.05, 4.69) is 9.97 Å². The first-order valence-corrected chi connectivity index (χ1v) is 4.11. The molecule has 2 aromatic heterocycles. The molecule has 0 radical (unpaired) electrons. The van der Waals surface area contributed by atoms with Crippen molar-refractivity contribution >= 4 is 17.2 Å². The summed E-state index contributed by atoms with van der Waals surface area (Å²) < 4.78 is 3.08. The minimum atomic E-state index is -0.286. The van der Waals surface area contributed by atoms with Gasteiger partial charge >= 0.3 is 11.5 Å². The maximum atomic E-state index is 11.4. The maximum absolute atomic E-state index is 11.4. The average molecular weight is 200 g/mol. The average Bonchev–Trinajstić information content (AvgIpc) is 2.27. The Kier molecular flexibility index (Phi) is 1.63. The van der Waals surface area contributed by atoms with E-state index >= 15 is 0 Å². The molecular formula is C7H8ClN4O+. The van der Waals surface area contributed by atoms with Crippen LogP contribution in [-0.4, -0.2) is 14.5 Å². The van der Waals surface area contributed by atoms with Crippen LogP contribution in [-0.2, 0) is 7.05 Å². The van der Waals surface area contributed by atoms with Crippen LogP contribution in [0.2, 0.25) is 5.15 Å². The SMILES string of the molecule is Cc1nc2cc(Cl)[nH]c(=O)n2[n+]1C. The zero-order valence-electron chi connectivity index (χ0n) is 7.21. The number of nitrogens with one attached hydrogen (secondary N) is 1. The van der Waals surface area contributed by atoms with Crippen molar-refractivity contribution in [2.45, 2.75) is 6.92 Å². The van der Waals surface area contributed by atoms with E-state index in [-0.39, 0.29) is 5.69 Å². The zero-order chi connectivity index (χ0) is 9.59. The number of nitrogens with zero attached hydrogens (tertiary/aromatic N) is 3. The highest BCUT2D eigenvalue weighted by atomic mass is 35.5. The van der Waals surface area contributed by atoms with Crippen LogP contribution in [0, 0.1) is 6.92 Å². The number of aromatic amines is 1. The molecule has 0 aliphatic rings. The fourth-order valence-electron chi connectivity index (χ4n) is 1.22. The predicted molar refractivity (Wildman–Crippen MR) is 46.7 cm³/mol. The molecule has 0 saturated carbocycles. The van der Waals surface area contributed by atoms with Gasteiger partial charge < -0.3 is 0 Å². The number of aryl methyl sites for hydroxylation is 2. The Labute approximate surface area is 78.6 Å². The number of halogens is 1. The van der Waals surface area contributed by atoms with Gasteiger partial charge in [-0.25, -0.2) is 4.79 Å². The van der Waals surface area contributed by atoms with Crippen molar-refractivity contribution in [3.8, 4) is 0 Å². The van der Waals surface area contributed by atoms with Gasteiger partial charge in [-0.05, 0) is 4.98 Å². The van der Waals surface area contributed by atoms with Gasteiger partial charge in [0, 0.05) is 13.0 Å². The lowest BCUT2D eigenvalue weighted by molar-refractivity contribution is -0.746. The van der Waals surface area contributed by atoms with Crippen LogP contribution >= 0.6 is 11.6 Å². The summed E-state index contributed by atoms with van der Waals surface area (Å²) in [5, 5.41) is 0.295. The van der Waals surface area contributed by atoms with E-state index in [4.69, 9.17) is 11.6 Å². The van der Waals surface area contributed by atoms with Crippen molar-refractivity contribution in [2.24, 2.45) is 7.05 Å². The van der Waals surface area contributed by atoms with E-state index in [9.17, 15) is 4.79 Å². The lowest BCUT2D eigenvalue weighted by Crippen LogP contribution is -2.43. The minimum absolute atomic E-state index is 0.286. The molecule has 0 bridgehead atoms. The Morgan fingerprint density at radius 1 is 1.69 bits per heavy atom. The van der Waals surface area contributed by atoms with Gasteiger partial charge in [-0.2, -0.15) is 0 Å². The maximum Gasteiger partial charge on any atom is 0.366 e. The van der Waals surface area contributed by atoms with E-state index < -0.39 is 0 Å². The van der Waals surface area contributed by atoms with Gasteiger partial charge in [0.1, 0.15) is 12.2 Å². The summed E-state index contributed by atoms with van der Waals surface area (Å²) in [5.41, 5.74) is 0.263. The lowest BCUT2D eigenvalue weighted by Gasteiger charge is -1.90. The zero-order valence-corrected chi connectivity index (χ0v) is 7.96. The molecule has 0 amide bonds. The van der Waals surface area contributed by atoms with Crippen LogP contribution in [0.15, 0.2) is 10.9 Å². The van der Waals surface area contributed by atoms with Crippen LogP contribution in [0.3, 0.4) is 0 Å². The molecule has 0 aliphatic carbocycles. The van der Waals surface area contributed by atoms with Gasteiger partial charge in [0.05, 0.1) is 0 Å². The number of aromatic nitrogens is 4. The first kappa shape index (κ1) is 8.25. The number of H-pyrrole nitrogens is 1. The fourth-order valence-corrected chi connectivity index (χ4v) is 1.40. The molecule has 0 fully saturated rings. The highest BCUT2D eigenvalue weighted by molar-refractivity contribution is 6.29. The van der Waals surface area contributed by atoms with Crippen molar-refractivity contribution in [1.82, 2.24) is 14.5 Å². The Morgan fingerprint density at radius 3 is 3.08 bits per heavy atom. The molecule has 0 aromatic carbocycles. The third-order valence-electron chi connectivity index (χ3n) is 1.94. The van der Waals surface area contributed by atoms with E-state index in [0.717, 1.165) is 5.82 Å². The molecule has 2 aromatic rings. The summed E-state index contributed by atoms with van der Waals surface area (Å²) in [6.07, 6.45) is 0. The topological polar surface area (TPSA) is 54.0 Å². The Bertz CT molecular complexity index is 527. The molecule has 68 valence electrons. The van der Waals surface area contributed by atoms with Gasteiger partial charge in [-0.1, -0.05) is 16.1 Å². The predicted octanol–water partition coefficient (Wildman–Crippen LogP) is -0.191. The number of hydrogen-bond acceptors (Lipinski definition) is 2. The quantitative estimate of drug-likeness (QED) is 0.472. The second-order valence-electron chi connectivity index (χ2n) is 2.78. The summed E-state index contributed by atoms with van der Waals surface area (Å²) in [4.78, 5) is 18.0. The Hall–Kier alpha value is -1.36. The molecule has 1 N–H and O–H groups in total. The van der Waals surface area contributed by atoms with E-state index in [1.807, 2.05) is 6.92 Å². The molecule has 2 rings (SSSR count). The van der Waals surface area contributed by atoms with Gasteiger partial charge in [-0.15, -0.1) is 4.68 Å². The molecule has 2 heterocycles. The standard InChI is InChI=1S/C7H7ClN4O/c1-4-9-6-3-5(8)10-7(13)12(6)11(4)2/h3H,1-2H3/p+1. The highest BCUT2D eigenvalue weighted by Gasteiger charge is 2.15. The first-order valence-electron chi connectivity index (χ1n) is 3.74. The number of fused-ring (bicyclic) bond motifs is 1. The summed E-state index contributed by atoms with van der Waals surface area (Å²) >= 11 is 5.67. The normalized spacial score (nSPS) is 11.0. The van der Waals surface area contributed by atoms with Crippen molar-refractivity contribution in [3.63, 3.8) is 0 Å². The third-order valence-corrected chi connectivity index (χ3v) is 2.14. The molecule has 0 spiro atoms. The van der Waals surface area contributed by atoms with Crippen LogP contribution < -0.4 is 10.4 Å². The first-order chi connectivity index (χ1) is 6.09. The van der Waals surface area contributed by atoms with E-state index in [1.165, 1.54) is 4.52 Å². The molecule has 13 heavy (non-hydrogen) atoms. The third kappa shape index (κ3) is 1.12. The van der Waals surface area contributed by atoms with Gasteiger partial charge in [-0.3, -0.25) is 4.98 Å². The molecule has 0 atom stereocenters. The summed E-state index contributed by atoms with van der Waals surface area (Å²) in [6, 6.07) is 1.61. The molecule has 0 saturated heterocycles. The van der Waals surface area contributed by atoms with Crippen molar-refractivity contribution < 1.29 is 4.68 Å². The second-order valence-corrected chi connectivity index (χ2v) is 3.18. The van der Waals surface area contributed by atoms with E-state index in [1.54, 1.807) is 17.8 Å². The van der Waals surface area contributed by atoms with Crippen LogP contribution in [0.5, 0.6) is 0 Å². The molecule has 5 nitrogen and oxygen atoms in total. The summed E-state index contributed by atoms with van der Waals surface area (Å²) in [6.45, 7) is 1.82. The Balaban J connectivity index is 3.03. The Morgan fingerprint density at radius 2 is 2.38 bits per heavy atom. The van der Waals surface area contributed by atoms with Crippen LogP contribution in [0.1, 0.15) is 5.82 Å². The second kappa shape index (κ2) is 2.56. The number of rotatable bonds is 0. The molecule has 0 unspecified atom stereocenters. The van der Waals surface area contributed by atoms with E-state index in [0.29, 0.717) is 10.8 Å². The van der Waals surface area contributed by atoms with Crippen molar-refractivity contribution in [2.75, 3.05) is 0 Å². The van der Waals surface area contributed by atoms with Gasteiger partial charge in [0.25, 0.3) is 5.65 Å². The summed E-state index contributed by atoms with van der Waals surface area (Å²) in [7, 11) is 1.76. The largest absolute Gasteiger partial charge is 0.366 e. The van der Waals surface area contributed by atoms with Crippen molar-refractivity contribution in [1.29, 1.82) is 0 Å². The molecular weight excluding hydrogens is 192 g/mol. The monoisotopic (exact) mass is 199 g/mol. The van der Waals surface area contributed by atoms with Gasteiger partial charge in [0.2, 0.25) is 0 Å². The molecule has 6 heteroatoms. The fraction of sp³-hybridized carbons (Fsp3) is 0.286. The smallest absolute Gasteiger partial charge is 0.295 e.